The van der Waals surface area contributed by atoms with Gasteiger partial charge in [-0.15, -0.1) is 0 Å². The van der Waals surface area contributed by atoms with Crippen LogP contribution in [-0.4, -0.2) is 87.1 Å². The zero-order valence-electron chi connectivity index (χ0n) is 26.3. The molecule has 14 atom stereocenters. The molecular weight excluding hydrogens is 540 g/mol. The van der Waals surface area contributed by atoms with Crippen molar-refractivity contribution in [1.29, 1.82) is 0 Å². The Morgan fingerprint density at radius 3 is 2.45 bits per heavy atom. The summed E-state index contributed by atoms with van der Waals surface area (Å²) in [5.41, 5.74) is 0.933. The molecule has 0 aromatic heterocycles. The van der Waals surface area contributed by atoms with Crippen LogP contribution in [0, 0.1) is 40.9 Å². The number of Topliss-reactive ketones (excluding diaryl/α,β-unsaturated/α-hetero) is 1. The van der Waals surface area contributed by atoms with E-state index in [0.717, 1.165) is 30.4 Å². The third-order valence-electron chi connectivity index (χ3n) is 10.5. The van der Waals surface area contributed by atoms with Crippen molar-refractivity contribution in [3.63, 3.8) is 0 Å². The SMILES string of the molecule is CC/C=C(\C)C(O)C(C)C(CC1C(C)=CC2CC(C)CC(C)C2C1(C)C(=O)CC=O)OC1OC(CO)C(O)C(O)C1O. The smallest absolute Gasteiger partial charge is 0.186 e. The van der Waals surface area contributed by atoms with Gasteiger partial charge in [0.2, 0.25) is 0 Å². The van der Waals surface area contributed by atoms with Gasteiger partial charge in [-0.1, -0.05) is 52.3 Å². The van der Waals surface area contributed by atoms with Crippen LogP contribution in [-0.2, 0) is 19.1 Å². The van der Waals surface area contributed by atoms with Crippen LogP contribution in [0.5, 0.6) is 0 Å². The van der Waals surface area contributed by atoms with Gasteiger partial charge in [0, 0.05) is 11.3 Å². The fourth-order valence-electron chi connectivity index (χ4n) is 8.42. The van der Waals surface area contributed by atoms with Gasteiger partial charge in [-0.25, -0.2) is 0 Å². The first-order chi connectivity index (χ1) is 19.7. The van der Waals surface area contributed by atoms with Crippen molar-refractivity contribution in [1.82, 2.24) is 0 Å². The van der Waals surface area contributed by atoms with E-state index in [4.69, 9.17) is 9.47 Å². The number of carbonyl (C=O) groups is 2. The van der Waals surface area contributed by atoms with Crippen molar-refractivity contribution >= 4 is 12.1 Å². The van der Waals surface area contributed by atoms with E-state index >= 15 is 0 Å². The second-order valence-corrected chi connectivity index (χ2v) is 13.6. The summed E-state index contributed by atoms with van der Waals surface area (Å²) in [6.45, 7) is 13.5. The Kier molecular flexibility index (Phi) is 12.1. The third-order valence-corrected chi connectivity index (χ3v) is 10.5. The average Bonchev–Trinajstić information content (AvgIpc) is 2.93. The fraction of sp³-hybridized carbons (Fsp3) is 0.818. The summed E-state index contributed by atoms with van der Waals surface area (Å²) in [7, 11) is 0. The number of fused-ring (bicyclic) bond motifs is 1. The van der Waals surface area contributed by atoms with Crippen LogP contribution >= 0.6 is 0 Å². The number of aldehydes is 1. The van der Waals surface area contributed by atoms with Crippen molar-refractivity contribution in [3.05, 3.63) is 23.3 Å². The Bertz CT molecular complexity index is 992. The van der Waals surface area contributed by atoms with E-state index in [0.29, 0.717) is 18.6 Å². The van der Waals surface area contributed by atoms with E-state index in [2.05, 4.69) is 19.9 Å². The zero-order valence-corrected chi connectivity index (χ0v) is 26.3. The number of carbonyl (C=O) groups excluding carboxylic acids is 2. The van der Waals surface area contributed by atoms with Crippen molar-refractivity contribution in [2.24, 2.45) is 40.9 Å². The summed E-state index contributed by atoms with van der Waals surface area (Å²) in [5, 5.41) is 52.6. The molecule has 0 spiro atoms. The van der Waals surface area contributed by atoms with Crippen molar-refractivity contribution in [2.45, 2.75) is 123 Å². The molecule has 0 radical (unpaired) electrons. The highest BCUT2D eigenvalue weighted by molar-refractivity contribution is 5.94. The van der Waals surface area contributed by atoms with Crippen molar-refractivity contribution in [3.8, 4) is 0 Å². The molecule has 2 fully saturated rings. The van der Waals surface area contributed by atoms with E-state index < -0.39 is 60.9 Å². The number of allylic oxidation sites excluding steroid dienone is 3. The first kappa shape index (κ1) is 35.0. The Labute approximate surface area is 251 Å². The summed E-state index contributed by atoms with van der Waals surface area (Å²) in [6, 6.07) is 0. The van der Waals surface area contributed by atoms with Gasteiger partial charge in [0.15, 0.2) is 6.29 Å². The Balaban J connectivity index is 2.07. The van der Waals surface area contributed by atoms with Crippen LogP contribution in [0.2, 0.25) is 0 Å². The molecule has 1 heterocycles. The first-order valence-electron chi connectivity index (χ1n) is 15.7. The molecule has 5 N–H and O–H groups in total. The summed E-state index contributed by atoms with van der Waals surface area (Å²) in [6.07, 6.45) is -1.20. The molecule has 0 aromatic carbocycles. The van der Waals surface area contributed by atoms with Crippen molar-refractivity contribution in [2.75, 3.05) is 6.61 Å². The molecule has 9 heteroatoms. The maximum absolute atomic E-state index is 13.9. The maximum atomic E-state index is 13.9. The number of ketones is 1. The zero-order chi connectivity index (χ0) is 31.5. The normalized spacial score (nSPS) is 41.3. The molecule has 3 rings (SSSR count). The molecule has 0 bridgehead atoms. The molecular formula is C33H54O9. The van der Waals surface area contributed by atoms with Crippen LogP contribution < -0.4 is 0 Å². The lowest BCUT2D eigenvalue weighted by atomic mass is 9.48. The quantitative estimate of drug-likeness (QED) is 0.130. The molecule has 1 saturated heterocycles. The van der Waals surface area contributed by atoms with Gasteiger partial charge in [0.05, 0.1) is 25.2 Å². The fourth-order valence-corrected chi connectivity index (χ4v) is 8.42. The van der Waals surface area contributed by atoms with Gasteiger partial charge in [0.25, 0.3) is 0 Å². The molecule has 3 aliphatic rings. The second-order valence-electron chi connectivity index (χ2n) is 13.6. The lowest BCUT2D eigenvalue weighted by Crippen LogP contribution is -2.60. The van der Waals surface area contributed by atoms with Crippen LogP contribution in [0.15, 0.2) is 23.3 Å². The van der Waals surface area contributed by atoms with Crippen LogP contribution in [0.1, 0.15) is 80.6 Å². The molecule has 14 unspecified atom stereocenters. The Hall–Kier alpha value is -1.46. The lowest BCUT2D eigenvalue weighted by Gasteiger charge is -2.55. The monoisotopic (exact) mass is 594 g/mol. The highest BCUT2D eigenvalue weighted by Gasteiger charge is 2.56. The van der Waals surface area contributed by atoms with Gasteiger partial charge in [-0.2, -0.15) is 0 Å². The van der Waals surface area contributed by atoms with E-state index in [1.54, 1.807) is 0 Å². The molecule has 42 heavy (non-hydrogen) atoms. The molecule has 9 nitrogen and oxygen atoms in total. The molecule has 0 aromatic rings. The number of hydrogen-bond donors (Lipinski definition) is 5. The maximum Gasteiger partial charge on any atom is 0.186 e. The van der Waals surface area contributed by atoms with E-state index in [1.807, 2.05) is 40.7 Å². The van der Waals surface area contributed by atoms with Gasteiger partial charge < -0.3 is 39.8 Å². The Morgan fingerprint density at radius 2 is 1.86 bits per heavy atom. The average molecular weight is 595 g/mol. The van der Waals surface area contributed by atoms with E-state index in [9.17, 15) is 35.1 Å². The summed E-state index contributed by atoms with van der Waals surface area (Å²) >= 11 is 0. The lowest BCUT2D eigenvalue weighted by molar-refractivity contribution is -0.317. The minimum Gasteiger partial charge on any atom is -0.394 e. The van der Waals surface area contributed by atoms with Crippen molar-refractivity contribution < 1.29 is 44.6 Å². The number of hydrogen-bond acceptors (Lipinski definition) is 9. The minimum absolute atomic E-state index is 0.0321. The van der Waals surface area contributed by atoms with Crippen LogP contribution in [0.3, 0.4) is 0 Å². The van der Waals surface area contributed by atoms with Gasteiger partial charge in [-0.3, -0.25) is 4.79 Å². The molecule has 240 valence electrons. The third kappa shape index (κ3) is 6.93. The topological polar surface area (TPSA) is 154 Å². The summed E-state index contributed by atoms with van der Waals surface area (Å²) in [5.74, 6) is 0.0925. The standard InChI is InChI=1S/C33H54O9/c1-8-9-18(3)28(37)21(6)24(41-32-31(40)30(39)29(38)25(16-35)42-32)15-23-19(4)14-22-13-17(2)12-20(5)27(22)33(23,7)26(36)10-11-34/h9,11,14,17,20-25,27-32,35,37-40H,8,10,12-13,15-16H2,1-7H3/b18-9+. The predicted octanol–water partition coefficient (Wildman–Crippen LogP) is 2.95. The van der Waals surface area contributed by atoms with Crippen LogP contribution in [0.25, 0.3) is 0 Å². The van der Waals surface area contributed by atoms with Gasteiger partial charge in [-0.05, 0) is 74.7 Å². The van der Waals surface area contributed by atoms with Gasteiger partial charge in [0.1, 0.15) is 36.5 Å². The molecule has 1 saturated carbocycles. The summed E-state index contributed by atoms with van der Waals surface area (Å²) in [4.78, 5) is 25.6. The van der Waals surface area contributed by atoms with E-state index in [1.165, 1.54) is 0 Å². The largest absolute Gasteiger partial charge is 0.394 e. The van der Waals surface area contributed by atoms with Gasteiger partial charge >= 0.3 is 0 Å². The first-order valence-corrected chi connectivity index (χ1v) is 15.7. The highest BCUT2D eigenvalue weighted by Crippen LogP contribution is 2.58. The Morgan fingerprint density at radius 1 is 1.19 bits per heavy atom. The molecule has 2 aliphatic carbocycles. The second kappa shape index (κ2) is 14.5. The molecule has 0 amide bonds. The number of aliphatic hydroxyl groups is 5. The minimum atomic E-state index is -1.61. The number of aliphatic hydroxyl groups excluding tert-OH is 5. The highest BCUT2D eigenvalue weighted by atomic mass is 16.7. The number of rotatable bonds is 12. The summed E-state index contributed by atoms with van der Waals surface area (Å²) < 4.78 is 12.1. The number of ether oxygens (including phenoxy) is 2. The predicted molar refractivity (Wildman–Crippen MR) is 158 cm³/mol. The van der Waals surface area contributed by atoms with Crippen LogP contribution in [0.4, 0.5) is 0 Å². The van der Waals surface area contributed by atoms with E-state index in [-0.39, 0.29) is 35.9 Å². The molecule has 1 aliphatic heterocycles.